The summed E-state index contributed by atoms with van der Waals surface area (Å²) >= 11 is 0. The Morgan fingerprint density at radius 3 is 2.29 bits per heavy atom. The molecule has 174 valence electrons. The van der Waals surface area contributed by atoms with E-state index >= 15 is 0 Å². The van der Waals surface area contributed by atoms with Crippen molar-refractivity contribution < 1.29 is 8.42 Å². The van der Waals surface area contributed by atoms with Gasteiger partial charge >= 0.3 is 5.69 Å². The monoisotopic (exact) mass is 455 g/mol. The zero-order chi connectivity index (χ0) is 22.8. The highest BCUT2D eigenvalue weighted by Gasteiger charge is 2.31. The topological polar surface area (TPSA) is 117 Å². The second-order valence-electron chi connectivity index (χ2n) is 7.79. The van der Waals surface area contributed by atoms with E-state index in [0.717, 1.165) is 12.8 Å². The summed E-state index contributed by atoms with van der Waals surface area (Å²) in [6, 6.07) is 0. The lowest BCUT2D eigenvalue weighted by molar-refractivity contribution is 0.171. The molecular formula is C19H33N7O4S. The van der Waals surface area contributed by atoms with E-state index in [1.807, 2.05) is 20.8 Å². The Bertz CT molecular complexity index is 1120. The van der Waals surface area contributed by atoms with Crippen LogP contribution < -0.4 is 11.2 Å². The van der Waals surface area contributed by atoms with Crippen LogP contribution in [0.5, 0.6) is 0 Å². The van der Waals surface area contributed by atoms with E-state index in [2.05, 4.69) is 14.9 Å². The molecule has 0 unspecified atom stereocenters. The number of nitrogens with zero attached hydrogens (tertiary/aromatic N) is 6. The second kappa shape index (κ2) is 9.63. The van der Waals surface area contributed by atoms with Gasteiger partial charge in [-0.2, -0.15) is 17.0 Å². The molecule has 0 radical (unpaired) electrons. The first kappa shape index (κ1) is 23.6. The summed E-state index contributed by atoms with van der Waals surface area (Å²) in [6.45, 7) is 9.56. The van der Waals surface area contributed by atoms with Crippen molar-refractivity contribution in [1.82, 2.24) is 32.6 Å². The molecule has 1 aliphatic rings. The highest BCUT2D eigenvalue weighted by atomic mass is 32.2. The first-order valence-corrected chi connectivity index (χ1v) is 12.3. The SMILES string of the molecule is CCCCn1c(=O)[nH]c(=O)c2c1nc(CN1CCN(S(=O)(=O)N(CC)CC)CC1)n2C. The molecular weight excluding hydrogens is 422 g/mol. The Morgan fingerprint density at radius 1 is 1.06 bits per heavy atom. The molecule has 1 saturated heterocycles. The van der Waals surface area contributed by atoms with Crippen molar-refractivity contribution in [2.75, 3.05) is 39.3 Å². The molecule has 1 aliphatic heterocycles. The van der Waals surface area contributed by atoms with Gasteiger partial charge in [0.15, 0.2) is 11.2 Å². The fourth-order valence-electron chi connectivity index (χ4n) is 3.99. The third kappa shape index (κ3) is 4.61. The summed E-state index contributed by atoms with van der Waals surface area (Å²) in [5.74, 6) is 0.677. The summed E-state index contributed by atoms with van der Waals surface area (Å²) in [4.78, 5) is 33.8. The lowest BCUT2D eigenvalue weighted by atomic mass is 10.3. The number of piperazine rings is 1. The smallest absolute Gasteiger partial charge is 0.324 e. The van der Waals surface area contributed by atoms with Crippen LogP contribution in [0.3, 0.4) is 0 Å². The van der Waals surface area contributed by atoms with E-state index in [0.29, 0.717) is 69.3 Å². The largest absolute Gasteiger partial charge is 0.330 e. The number of nitrogens with one attached hydrogen (secondary N) is 1. The third-order valence-electron chi connectivity index (χ3n) is 5.90. The molecule has 0 saturated carbocycles. The fraction of sp³-hybridized carbons (Fsp3) is 0.737. The van der Waals surface area contributed by atoms with Crippen LogP contribution >= 0.6 is 0 Å². The number of rotatable bonds is 9. The Morgan fingerprint density at radius 2 is 1.71 bits per heavy atom. The molecule has 0 spiro atoms. The van der Waals surface area contributed by atoms with Crippen molar-refractivity contribution in [1.29, 1.82) is 0 Å². The molecule has 12 heteroatoms. The van der Waals surface area contributed by atoms with Crippen molar-refractivity contribution in [3.63, 3.8) is 0 Å². The second-order valence-corrected chi connectivity index (χ2v) is 9.72. The molecule has 2 aromatic rings. The summed E-state index contributed by atoms with van der Waals surface area (Å²) < 4.78 is 31.7. The predicted molar refractivity (Wildman–Crippen MR) is 119 cm³/mol. The maximum absolute atomic E-state index is 12.7. The number of hydrogen-bond donors (Lipinski definition) is 1. The first-order chi connectivity index (χ1) is 14.7. The minimum Gasteiger partial charge on any atom is -0.324 e. The summed E-state index contributed by atoms with van der Waals surface area (Å²) in [5.41, 5.74) is -0.0918. The minimum atomic E-state index is -3.44. The van der Waals surface area contributed by atoms with Crippen LogP contribution in [0.15, 0.2) is 9.59 Å². The molecule has 3 rings (SSSR count). The van der Waals surface area contributed by atoms with E-state index in [9.17, 15) is 18.0 Å². The van der Waals surface area contributed by atoms with Crippen LogP contribution in [0.2, 0.25) is 0 Å². The highest BCUT2D eigenvalue weighted by Crippen LogP contribution is 2.16. The van der Waals surface area contributed by atoms with E-state index in [1.165, 1.54) is 13.2 Å². The van der Waals surface area contributed by atoms with Crippen molar-refractivity contribution in [2.24, 2.45) is 7.05 Å². The van der Waals surface area contributed by atoms with E-state index in [1.54, 1.807) is 11.6 Å². The van der Waals surface area contributed by atoms with Gasteiger partial charge in [-0.25, -0.2) is 9.78 Å². The molecule has 2 aromatic heterocycles. The van der Waals surface area contributed by atoms with Crippen LogP contribution in [-0.4, -0.2) is 80.3 Å². The van der Waals surface area contributed by atoms with Gasteiger partial charge in [0.1, 0.15) is 5.82 Å². The summed E-state index contributed by atoms with van der Waals surface area (Å²) in [7, 11) is -1.67. The van der Waals surface area contributed by atoms with Gasteiger partial charge in [-0.15, -0.1) is 0 Å². The predicted octanol–water partition coefficient (Wildman–Crippen LogP) is -0.0724. The molecule has 0 bridgehead atoms. The van der Waals surface area contributed by atoms with E-state index < -0.39 is 21.5 Å². The minimum absolute atomic E-state index is 0.383. The molecule has 31 heavy (non-hydrogen) atoms. The lowest BCUT2D eigenvalue weighted by Gasteiger charge is -2.36. The van der Waals surface area contributed by atoms with Crippen LogP contribution in [0.25, 0.3) is 11.2 Å². The van der Waals surface area contributed by atoms with Gasteiger partial charge in [-0.1, -0.05) is 27.2 Å². The lowest BCUT2D eigenvalue weighted by Crippen LogP contribution is -2.52. The van der Waals surface area contributed by atoms with Crippen molar-refractivity contribution >= 4 is 21.4 Å². The first-order valence-electron chi connectivity index (χ1n) is 10.9. The Hall–Kier alpha value is -2.02. The Balaban J connectivity index is 1.79. The number of hydrogen-bond acceptors (Lipinski definition) is 6. The van der Waals surface area contributed by atoms with Crippen molar-refractivity contribution in [2.45, 2.75) is 46.7 Å². The number of fused-ring (bicyclic) bond motifs is 1. The van der Waals surface area contributed by atoms with Gasteiger partial charge in [0.05, 0.1) is 6.54 Å². The van der Waals surface area contributed by atoms with Crippen molar-refractivity contribution in [3.05, 3.63) is 26.7 Å². The molecule has 0 aliphatic carbocycles. The zero-order valence-corrected chi connectivity index (χ0v) is 19.6. The van der Waals surface area contributed by atoms with Crippen LogP contribution in [-0.2, 0) is 30.3 Å². The third-order valence-corrected chi connectivity index (χ3v) is 8.08. The molecule has 1 fully saturated rings. The fourth-order valence-corrected chi connectivity index (χ4v) is 5.59. The number of aryl methyl sites for hydroxylation is 2. The Labute approximate surface area is 182 Å². The van der Waals surface area contributed by atoms with Gasteiger partial charge in [0, 0.05) is 52.9 Å². The van der Waals surface area contributed by atoms with E-state index in [4.69, 9.17) is 0 Å². The summed E-state index contributed by atoms with van der Waals surface area (Å²) in [5, 5.41) is 0. The standard InChI is InChI=1S/C19H33N7O4S/c1-5-8-9-26-17-16(18(27)21-19(26)28)22(4)15(20-17)14-23-10-12-25(13-11-23)31(29,30)24(6-2)7-3/h5-14H2,1-4H3,(H,21,27,28). The van der Waals surface area contributed by atoms with Crippen LogP contribution in [0.1, 0.15) is 39.4 Å². The van der Waals surface area contributed by atoms with Gasteiger partial charge in [0.2, 0.25) is 0 Å². The molecule has 11 nitrogen and oxygen atoms in total. The zero-order valence-electron chi connectivity index (χ0n) is 18.8. The normalized spacial score (nSPS) is 16.5. The summed E-state index contributed by atoms with van der Waals surface area (Å²) in [6.07, 6.45) is 1.74. The van der Waals surface area contributed by atoms with Gasteiger partial charge in [0.25, 0.3) is 15.8 Å². The number of imidazole rings is 1. The number of aromatic nitrogens is 4. The Kier molecular flexibility index (Phi) is 7.35. The van der Waals surface area contributed by atoms with Gasteiger partial charge in [-0.05, 0) is 6.42 Å². The van der Waals surface area contributed by atoms with Crippen LogP contribution in [0.4, 0.5) is 0 Å². The van der Waals surface area contributed by atoms with Gasteiger partial charge < -0.3 is 4.57 Å². The average molecular weight is 456 g/mol. The molecule has 0 atom stereocenters. The molecule has 1 N–H and O–H groups in total. The van der Waals surface area contributed by atoms with E-state index in [-0.39, 0.29) is 0 Å². The molecule has 0 amide bonds. The average Bonchev–Trinajstić information content (AvgIpc) is 3.05. The van der Waals surface area contributed by atoms with Crippen LogP contribution in [0, 0.1) is 0 Å². The molecule has 3 heterocycles. The molecule has 0 aromatic carbocycles. The van der Waals surface area contributed by atoms with Crippen molar-refractivity contribution in [3.8, 4) is 0 Å². The number of H-pyrrole nitrogens is 1. The maximum atomic E-state index is 12.7. The number of unbranched alkanes of at least 4 members (excludes halogenated alkanes) is 1. The van der Waals surface area contributed by atoms with Gasteiger partial charge in [-0.3, -0.25) is 19.2 Å². The quantitative estimate of drug-likeness (QED) is 0.566. The highest BCUT2D eigenvalue weighted by molar-refractivity contribution is 7.86. The maximum Gasteiger partial charge on any atom is 0.330 e. The number of aromatic amines is 1.